The maximum atomic E-state index is 12.6. The fraction of sp³-hybridized carbons (Fsp3) is 0.130. The highest BCUT2D eigenvalue weighted by Crippen LogP contribution is 2.38. The molecule has 4 rings (SSSR count). The number of hydrogen-bond donors (Lipinski definition) is 2. The standard InChI is InChI=1S/C23H20ClN3O2S/c1-14-5-3-7-20(25-14)26-21(16-8-10-17(24)11-9-16)18-13-15(2)30-23(18)27-22(28)19-6-4-12-29-19/h3-13,21H,1-2H3,(H,25,26)(H,27,28)/t21-/m1/s1. The number of aryl methyl sites for hydroxylation is 2. The zero-order valence-corrected chi connectivity index (χ0v) is 18.1. The summed E-state index contributed by atoms with van der Waals surface area (Å²) in [6, 6.07) is 18.7. The van der Waals surface area contributed by atoms with E-state index in [-0.39, 0.29) is 17.7 Å². The number of halogens is 1. The zero-order valence-electron chi connectivity index (χ0n) is 16.5. The Bertz CT molecular complexity index is 1150. The van der Waals surface area contributed by atoms with Gasteiger partial charge in [-0.2, -0.15) is 0 Å². The van der Waals surface area contributed by atoms with E-state index in [2.05, 4.69) is 21.7 Å². The number of carbonyl (C=O) groups excluding carboxylic acids is 1. The van der Waals surface area contributed by atoms with Crippen molar-refractivity contribution in [2.75, 3.05) is 10.6 Å². The van der Waals surface area contributed by atoms with Gasteiger partial charge in [-0.15, -0.1) is 11.3 Å². The van der Waals surface area contributed by atoms with Crippen molar-refractivity contribution < 1.29 is 9.21 Å². The molecule has 0 spiro atoms. The van der Waals surface area contributed by atoms with E-state index in [1.54, 1.807) is 12.1 Å². The average molecular weight is 438 g/mol. The Labute approximate surface area is 183 Å². The van der Waals surface area contributed by atoms with Gasteiger partial charge in [0.2, 0.25) is 0 Å². The molecule has 0 radical (unpaired) electrons. The van der Waals surface area contributed by atoms with Crippen LogP contribution in [0.25, 0.3) is 0 Å². The van der Waals surface area contributed by atoms with Crippen LogP contribution < -0.4 is 10.6 Å². The minimum atomic E-state index is -0.286. The molecule has 0 aliphatic rings. The Kier molecular flexibility index (Phi) is 5.88. The largest absolute Gasteiger partial charge is 0.459 e. The van der Waals surface area contributed by atoms with E-state index in [4.69, 9.17) is 16.0 Å². The van der Waals surface area contributed by atoms with Gasteiger partial charge < -0.3 is 15.1 Å². The first kappa shape index (κ1) is 20.2. The number of thiophene rings is 1. The first-order valence-electron chi connectivity index (χ1n) is 9.40. The third-order valence-corrected chi connectivity index (χ3v) is 5.78. The molecule has 0 unspecified atom stereocenters. The van der Waals surface area contributed by atoms with Gasteiger partial charge in [0.25, 0.3) is 5.91 Å². The van der Waals surface area contributed by atoms with Crippen molar-refractivity contribution in [3.05, 3.63) is 99.4 Å². The van der Waals surface area contributed by atoms with Gasteiger partial charge >= 0.3 is 0 Å². The minimum absolute atomic E-state index is 0.228. The molecule has 1 amide bonds. The van der Waals surface area contributed by atoms with Gasteiger partial charge in [0.15, 0.2) is 5.76 Å². The van der Waals surface area contributed by atoms with Crippen LogP contribution in [0, 0.1) is 13.8 Å². The van der Waals surface area contributed by atoms with Crippen molar-refractivity contribution in [3.63, 3.8) is 0 Å². The molecule has 1 aromatic carbocycles. The third-order valence-electron chi connectivity index (χ3n) is 4.55. The molecule has 1 atom stereocenters. The summed E-state index contributed by atoms with van der Waals surface area (Å²) in [5.74, 6) is 0.733. The van der Waals surface area contributed by atoms with Crippen molar-refractivity contribution in [2.45, 2.75) is 19.9 Å². The first-order valence-corrected chi connectivity index (χ1v) is 10.6. The van der Waals surface area contributed by atoms with Gasteiger partial charge in [-0.1, -0.05) is 29.8 Å². The lowest BCUT2D eigenvalue weighted by atomic mass is 10.00. The van der Waals surface area contributed by atoms with Crippen LogP contribution in [-0.4, -0.2) is 10.9 Å². The molecule has 0 fully saturated rings. The molecule has 3 aromatic heterocycles. The third kappa shape index (κ3) is 4.56. The van der Waals surface area contributed by atoms with Gasteiger partial charge in [-0.25, -0.2) is 4.98 Å². The Morgan fingerprint density at radius 3 is 2.60 bits per heavy atom. The number of anilines is 2. The summed E-state index contributed by atoms with van der Waals surface area (Å²) in [7, 11) is 0. The van der Waals surface area contributed by atoms with E-state index in [0.717, 1.165) is 32.5 Å². The fourth-order valence-corrected chi connectivity index (χ4v) is 4.26. The second kappa shape index (κ2) is 8.73. The number of carbonyl (C=O) groups is 1. The quantitative estimate of drug-likeness (QED) is 0.363. The molecule has 0 bridgehead atoms. The van der Waals surface area contributed by atoms with Crippen LogP contribution in [0.2, 0.25) is 5.02 Å². The van der Waals surface area contributed by atoms with Crippen molar-refractivity contribution >= 4 is 39.7 Å². The molecule has 152 valence electrons. The van der Waals surface area contributed by atoms with Crippen LogP contribution in [0.5, 0.6) is 0 Å². The number of aromatic nitrogens is 1. The van der Waals surface area contributed by atoms with E-state index in [0.29, 0.717) is 5.02 Å². The van der Waals surface area contributed by atoms with Gasteiger partial charge in [0.1, 0.15) is 10.8 Å². The molecule has 7 heteroatoms. The van der Waals surface area contributed by atoms with Gasteiger partial charge in [0.05, 0.1) is 12.3 Å². The van der Waals surface area contributed by atoms with Gasteiger partial charge in [-0.3, -0.25) is 4.79 Å². The lowest BCUT2D eigenvalue weighted by Crippen LogP contribution is -2.17. The topological polar surface area (TPSA) is 67.2 Å². The molecule has 2 N–H and O–H groups in total. The second-order valence-corrected chi connectivity index (χ2v) is 8.56. The number of benzene rings is 1. The molecule has 5 nitrogen and oxygen atoms in total. The number of pyridine rings is 1. The SMILES string of the molecule is Cc1cccc(N[C@H](c2ccc(Cl)cc2)c2cc(C)sc2NC(=O)c2ccco2)n1. The predicted octanol–water partition coefficient (Wildman–Crippen LogP) is 6.46. The van der Waals surface area contributed by atoms with E-state index in [1.165, 1.54) is 17.6 Å². The molecule has 0 saturated carbocycles. The monoisotopic (exact) mass is 437 g/mol. The molecule has 0 saturated heterocycles. The Hall–Kier alpha value is -3.09. The van der Waals surface area contributed by atoms with E-state index in [1.807, 2.05) is 56.3 Å². The Balaban J connectivity index is 1.73. The molecular formula is C23H20ClN3O2S. The minimum Gasteiger partial charge on any atom is -0.459 e. The van der Waals surface area contributed by atoms with Gasteiger partial charge in [0, 0.05) is 21.2 Å². The highest BCUT2D eigenvalue weighted by molar-refractivity contribution is 7.16. The van der Waals surface area contributed by atoms with E-state index < -0.39 is 0 Å². The predicted molar refractivity (Wildman–Crippen MR) is 122 cm³/mol. The van der Waals surface area contributed by atoms with Crippen molar-refractivity contribution in [1.29, 1.82) is 0 Å². The average Bonchev–Trinajstić information content (AvgIpc) is 3.37. The maximum Gasteiger partial charge on any atom is 0.291 e. The van der Waals surface area contributed by atoms with Crippen molar-refractivity contribution in [1.82, 2.24) is 4.98 Å². The van der Waals surface area contributed by atoms with Crippen LogP contribution in [0.3, 0.4) is 0 Å². The summed E-state index contributed by atoms with van der Waals surface area (Å²) in [5, 5.41) is 7.93. The summed E-state index contributed by atoms with van der Waals surface area (Å²) in [6.45, 7) is 3.97. The van der Waals surface area contributed by atoms with Crippen molar-refractivity contribution in [2.24, 2.45) is 0 Å². The summed E-state index contributed by atoms with van der Waals surface area (Å²) in [4.78, 5) is 18.3. The van der Waals surface area contributed by atoms with Crippen LogP contribution in [0.1, 0.15) is 38.3 Å². The smallest absolute Gasteiger partial charge is 0.291 e. The lowest BCUT2D eigenvalue weighted by molar-refractivity contribution is 0.0997. The first-order chi connectivity index (χ1) is 14.5. The zero-order chi connectivity index (χ0) is 21.1. The number of furan rings is 1. The summed E-state index contributed by atoms with van der Waals surface area (Å²) in [6.07, 6.45) is 1.48. The molecule has 30 heavy (non-hydrogen) atoms. The molecule has 3 heterocycles. The number of nitrogens with zero attached hydrogens (tertiary/aromatic N) is 1. The highest BCUT2D eigenvalue weighted by Gasteiger charge is 2.23. The maximum absolute atomic E-state index is 12.6. The van der Waals surface area contributed by atoms with E-state index >= 15 is 0 Å². The molecular weight excluding hydrogens is 418 g/mol. The van der Waals surface area contributed by atoms with Crippen molar-refractivity contribution in [3.8, 4) is 0 Å². The lowest BCUT2D eigenvalue weighted by Gasteiger charge is -2.21. The number of amides is 1. The summed E-state index contributed by atoms with van der Waals surface area (Å²) >= 11 is 7.63. The van der Waals surface area contributed by atoms with Gasteiger partial charge in [-0.05, 0) is 61.9 Å². The van der Waals surface area contributed by atoms with Crippen LogP contribution in [-0.2, 0) is 0 Å². The molecule has 4 aromatic rings. The highest BCUT2D eigenvalue weighted by atomic mass is 35.5. The number of rotatable bonds is 6. The number of hydrogen-bond acceptors (Lipinski definition) is 5. The summed E-state index contributed by atoms with van der Waals surface area (Å²) in [5.41, 5.74) is 2.87. The summed E-state index contributed by atoms with van der Waals surface area (Å²) < 4.78 is 5.23. The number of nitrogens with one attached hydrogen (secondary N) is 2. The molecule has 0 aliphatic heterocycles. The Morgan fingerprint density at radius 2 is 1.90 bits per heavy atom. The van der Waals surface area contributed by atoms with E-state index in [9.17, 15) is 4.79 Å². The normalized spacial score (nSPS) is 11.8. The van der Waals surface area contributed by atoms with Crippen LogP contribution >= 0.6 is 22.9 Å². The second-order valence-electron chi connectivity index (χ2n) is 6.87. The Morgan fingerprint density at radius 1 is 1.10 bits per heavy atom. The molecule has 0 aliphatic carbocycles. The fourth-order valence-electron chi connectivity index (χ4n) is 3.19. The van der Waals surface area contributed by atoms with Crippen LogP contribution in [0.15, 0.2) is 71.3 Å². The van der Waals surface area contributed by atoms with Crippen LogP contribution in [0.4, 0.5) is 10.8 Å².